The molecule has 2 N–H and O–H groups in total. The monoisotopic (exact) mass is 446 g/mol. The zero-order chi connectivity index (χ0) is 23.9. The van der Waals surface area contributed by atoms with Crippen molar-refractivity contribution >= 4 is 45.5 Å². The van der Waals surface area contributed by atoms with Gasteiger partial charge in [-0.2, -0.15) is 0 Å². The van der Waals surface area contributed by atoms with Gasteiger partial charge in [0.25, 0.3) is 0 Å². The third kappa shape index (κ3) is 5.99. The molecule has 0 fully saturated rings. The molecule has 170 valence electrons. The Hall–Kier alpha value is -4.18. The summed E-state index contributed by atoms with van der Waals surface area (Å²) in [5.41, 5.74) is 10.0. The van der Waals surface area contributed by atoms with Crippen LogP contribution in [0, 0.1) is 0 Å². The van der Waals surface area contributed by atoms with Crippen LogP contribution in [0.2, 0.25) is 0 Å². The molecule has 0 radical (unpaired) electrons. The van der Waals surface area contributed by atoms with Crippen LogP contribution < -0.4 is 10.6 Å². The predicted octanol–water partition coefficient (Wildman–Crippen LogP) is 9.07. The van der Waals surface area contributed by atoms with Crippen LogP contribution in [0.15, 0.2) is 107 Å². The molecule has 0 aromatic heterocycles. The van der Waals surface area contributed by atoms with Gasteiger partial charge in [-0.05, 0) is 87.4 Å². The quantitative estimate of drug-likeness (QED) is 0.278. The second-order valence-electron chi connectivity index (χ2n) is 8.56. The van der Waals surface area contributed by atoms with Crippen molar-refractivity contribution in [1.82, 2.24) is 0 Å². The molecule has 0 aliphatic heterocycles. The van der Waals surface area contributed by atoms with E-state index >= 15 is 0 Å². The molecule has 0 aliphatic rings. The fourth-order valence-electron chi connectivity index (χ4n) is 3.66. The van der Waals surface area contributed by atoms with Crippen LogP contribution in [0.3, 0.4) is 0 Å². The number of hydrogen-bond donors (Lipinski definition) is 2. The molecule has 0 amide bonds. The minimum Gasteiger partial charge on any atom is -0.354 e. The second kappa shape index (κ2) is 10.6. The summed E-state index contributed by atoms with van der Waals surface area (Å²) in [5, 5.41) is 7.11. The van der Waals surface area contributed by atoms with Gasteiger partial charge in [-0.3, -0.25) is 9.98 Å². The summed E-state index contributed by atoms with van der Waals surface area (Å²) in [6, 6.07) is 33.1. The van der Waals surface area contributed by atoms with Crippen LogP contribution in [-0.4, -0.2) is 11.4 Å². The predicted molar refractivity (Wildman–Crippen MR) is 148 cm³/mol. The first-order chi connectivity index (χ1) is 16.5. The highest BCUT2D eigenvalue weighted by Gasteiger charge is 2.10. The van der Waals surface area contributed by atoms with Crippen molar-refractivity contribution in [2.45, 2.75) is 27.7 Å². The fraction of sp³-hybridized carbons (Fsp3) is 0.133. The standard InChI is InChI=1S/C30H30N4/c1-21(2)31-27-17-15-23(19-29(27)32-22(3)4)24-16-18-28(33-25-11-7-5-8-12-25)30(20-24)34-26-13-9-6-10-14-26/h5-20,33-34H,1-4H3. The number of rotatable bonds is 7. The average Bonchev–Trinajstić information content (AvgIpc) is 2.82. The van der Waals surface area contributed by atoms with Crippen molar-refractivity contribution < 1.29 is 0 Å². The Kier molecular flexibility index (Phi) is 7.19. The highest BCUT2D eigenvalue weighted by molar-refractivity contribution is 5.90. The minimum absolute atomic E-state index is 0.878. The Morgan fingerprint density at radius 3 is 1.59 bits per heavy atom. The molecule has 0 unspecified atom stereocenters. The molecule has 0 saturated heterocycles. The third-order valence-corrected chi connectivity index (χ3v) is 5.12. The van der Waals surface area contributed by atoms with Crippen molar-refractivity contribution in [2.75, 3.05) is 10.6 Å². The number of hydrogen-bond acceptors (Lipinski definition) is 4. The number of nitrogens with one attached hydrogen (secondary N) is 2. The lowest BCUT2D eigenvalue weighted by Gasteiger charge is -2.16. The Morgan fingerprint density at radius 1 is 0.500 bits per heavy atom. The van der Waals surface area contributed by atoms with E-state index in [1.54, 1.807) is 0 Å². The third-order valence-electron chi connectivity index (χ3n) is 5.12. The lowest BCUT2D eigenvalue weighted by molar-refractivity contribution is 1.40. The maximum Gasteiger partial charge on any atom is 0.0891 e. The summed E-state index contributed by atoms with van der Waals surface area (Å²) in [7, 11) is 0. The summed E-state index contributed by atoms with van der Waals surface area (Å²) in [6.45, 7) is 8.01. The van der Waals surface area contributed by atoms with Gasteiger partial charge in [0.05, 0.1) is 22.7 Å². The van der Waals surface area contributed by atoms with E-state index < -0.39 is 0 Å². The first kappa shape index (κ1) is 23.0. The second-order valence-corrected chi connectivity index (χ2v) is 8.56. The zero-order valence-electron chi connectivity index (χ0n) is 20.1. The van der Waals surface area contributed by atoms with E-state index in [2.05, 4.69) is 70.2 Å². The molecule has 0 saturated carbocycles. The average molecular weight is 447 g/mol. The Balaban J connectivity index is 1.77. The van der Waals surface area contributed by atoms with Crippen LogP contribution in [0.4, 0.5) is 34.1 Å². The molecule has 4 nitrogen and oxygen atoms in total. The van der Waals surface area contributed by atoms with Gasteiger partial charge in [-0.1, -0.05) is 48.5 Å². The highest BCUT2D eigenvalue weighted by atomic mass is 15.0. The molecule has 4 aromatic rings. The van der Waals surface area contributed by atoms with Crippen molar-refractivity contribution in [3.8, 4) is 11.1 Å². The van der Waals surface area contributed by atoms with Gasteiger partial charge in [-0.25, -0.2) is 0 Å². The Morgan fingerprint density at radius 2 is 1.00 bits per heavy atom. The lowest BCUT2D eigenvalue weighted by atomic mass is 10.0. The van der Waals surface area contributed by atoms with E-state index in [-0.39, 0.29) is 0 Å². The van der Waals surface area contributed by atoms with Crippen LogP contribution in [0.25, 0.3) is 11.1 Å². The summed E-state index contributed by atoms with van der Waals surface area (Å²) >= 11 is 0. The van der Waals surface area contributed by atoms with Gasteiger partial charge in [-0.15, -0.1) is 0 Å². The van der Waals surface area contributed by atoms with Gasteiger partial charge in [0, 0.05) is 22.8 Å². The fourth-order valence-corrected chi connectivity index (χ4v) is 3.66. The van der Waals surface area contributed by atoms with Gasteiger partial charge in [0.15, 0.2) is 0 Å². The van der Waals surface area contributed by atoms with E-state index in [0.29, 0.717) is 0 Å². The van der Waals surface area contributed by atoms with Crippen LogP contribution in [0.5, 0.6) is 0 Å². The molecule has 4 rings (SSSR count). The molecule has 0 aliphatic carbocycles. The van der Waals surface area contributed by atoms with Crippen molar-refractivity contribution in [1.29, 1.82) is 0 Å². The number of para-hydroxylation sites is 2. The number of benzene rings is 4. The van der Waals surface area contributed by atoms with Gasteiger partial charge < -0.3 is 10.6 Å². The maximum atomic E-state index is 4.74. The SMILES string of the molecule is CC(C)=Nc1ccc(-c2ccc(Nc3ccccc3)c(Nc3ccccc3)c2)cc1N=C(C)C. The lowest BCUT2D eigenvalue weighted by Crippen LogP contribution is -1.98. The largest absolute Gasteiger partial charge is 0.354 e. The summed E-state index contributed by atoms with van der Waals surface area (Å²) in [6.07, 6.45) is 0. The number of anilines is 4. The van der Waals surface area contributed by atoms with Crippen molar-refractivity contribution in [2.24, 2.45) is 9.98 Å². The molecular weight excluding hydrogens is 416 g/mol. The molecule has 34 heavy (non-hydrogen) atoms. The van der Waals surface area contributed by atoms with Gasteiger partial charge in [0.1, 0.15) is 0 Å². The number of aliphatic imine (C=N–C) groups is 2. The molecule has 0 bridgehead atoms. The Bertz CT molecular complexity index is 1310. The van der Waals surface area contributed by atoms with Crippen LogP contribution in [0.1, 0.15) is 27.7 Å². The Labute approximate surface area is 202 Å². The highest BCUT2D eigenvalue weighted by Crippen LogP contribution is 2.37. The smallest absolute Gasteiger partial charge is 0.0891 e. The summed E-state index contributed by atoms with van der Waals surface area (Å²) < 4.78 is 0. The molecule has 4 aromatic carbocycles. The maximum absolute atomic E-state index is 4.74. The van der Waals surface area contributed by atoms with E-state index in [1.165, 1.54) is 0 Å². The van der Waals surface area contributed by atoms with Crippen molar-refractivity contribution in [3.63, 3.8) is 0 Å². The molecule has 0 spiro atoms. The molecule has 0 atom stereocenters. The van der Waals surface area contributed by atoms with E-state index in [0.717, 1.165) is 56.7 Å². The first-order valence-electron chi connectivity index (χ1n) is 11.4. The summed E-state index contributed by atoms with van der Waals surface area (Å²) in [4.78, 5) is 9.41. The van der Waals surface area contributed by atoms with E-state index in [4.69, 9.17) is 4.99 Å². The summed E-state index contributed by atoms with van der Waals surface area (Å²) in [5.74, 6) is 0. The topological polar surface area (TPSA) is 48.8 Å². The van der Waals surface area contributed by atoms with Crippen LogP contribution >= 0.6 is 0 Å². The first-order valence-corrected chi connectivity index (χ1v) is 11.4. The van der Waals surface area contributed by atoms with Gasteiger partial charge in [0.2, 0.25) is 0 Å². The minimum atomic E-state index is 0.878. The van der Waals surface area contributed by atoms with Gasteiger partial charge >= 0.3 is 0 Å². The normalized spacial score (nSPS) is 10.4. The number of nitrogens with zero attached hydrogens (tertiary/aromatic N) is 2. The molecular formula is C30H30N4. The van der Waals surface area contributed by atoms with E-state index in [1.807, 2.05) is 70.2 Å². The van der Waals surface area contributed by atoms with E-state index in [9.17, 15) is 0 Å². The molecule has 4 heteroatoms. The zero-order valence-corrected chi connectivity index (χ0v) is 20.1. The van der Waals surface area contributed by atoms with Crippen LogP contribution in [-0.2, 0) is 0 Å². The van der Waals surface area contributed by atoms with Crippen molar-refractivity contribution in [3.05, 3.63) is 97.1 Å². The molecule has 0 heterocycles.